The van der Waals surface area contributed by atoms with Gasteiger partial charge in [-0.15, -0.1) is 0 Å². The summed E-state index contributed by atoms with van der Waals surface area (Å²) in [5, 5.41) is 15.0. The van der Waals surface area contributed by atoms with Crippen molar-refractivity contribution in [3.63, 3.8) is 0 Å². The van der Waals surface area contributed by atoms with Crippen LogP contribution < -0.4 is 5.73 Å². The standard InChI is InChI=1S/C9H13N3O2S/c1-12(5-8(10)11-14)9(13)4-7-2-3-15-6-7/h2-3,6,14H,4-5H2,1H3,(H2,10,11). The largest absolute Gasteiger partial charge is 0.409 e. The van der Waals surface area contributed by atoms with Crippen molar-refractivity contribution in [2.45, 2.75) is 6.42 Å². The lowest BCUT2D eigenvalue weighted by Crippen LogP contribution is -2.36. The van der Waals surface area contributed by atoms with Crippen LogP contribution in [0.2, 0.25) is 0 Å². The first kappa shape index (κ1) is 11.5. The number of amidine groups is 1. The first-order chi connectivity index (χ1) is 7.13. The fourth-order valence-corrected chi connectivity index (χ4v) is 1.73. The maximum Gasteiger partial charge on any atom is 0.227 e. The molecule has 3 N–H and O–H groups in total. The van der Waals surface area contributed by atoms with Crippen molar-refractivity contribution in [1.82, 2.24) is 4.90 Å². The predicted molar refractivity (Wildman–Crippen MR) is 59.1 cm³/mol. The van der Waals surface area contributed by atoms with E-state index >= 15 is 0 Å². The van der Waals surface area contributed by atoms with Crippen LogP contribution in [-0.2, 0) is 11.2 Å². The zero-order valence-electron chi connectivity index (χ0n) is 8.38. The topological polar surface area (TPSA) is 78.9 Å². The summed E-state index contributed by atoms with van der Waals surface area (Å²) in [5.41, 5.74) is 6.28. The molecule has 0 radical (unpaired) electrons. The summed E-state index contributed by atoms with van der Waals surface area (Å²) >= 11 is 1.55. The Balaban J connectivity index is 2.47. The maximum atomic E-state index is 11.6. The molecule has 6 heteroatoms. The van der Waals surface area contributed by atoms with Crippen LogP contribution >= 0.6 is 11.3 Å². The van der Waals surface area contributed by atoms with E-state index in [-0.39, 0.29) is 18.3 Å². The molecule has 0 bridgehead atoms. The number of likely N-dealkylation sites (N-methyl/N-ethyl adjacent to an activating group) is 1. The van der Waals surface area contributed by atoms with Gasteiger partial charge in [0.2, 0.25) is 5.91 Å². The Labute approximate surface area is 91.8 Å². The first-order valence-corrected chi connectivity index (χ1v) is 5.29. The van der Waals surface area contributed by atoms with Gasteiger partial charge in [0.1, 0.15) is 0 Å². The van der Waals surface area contributed by atoms with Crippen molar-refractivity contribution in [1.29, 1.82) is 0 Å². The lowest BCUT2D eigenvalue weighted by Gasteiger charge is -2.15. The van der Waals surface area contributed by atoms with Crippen molar-refractivity contribution in [3.05, 3.63) is 22.4 Å². The van der Waals surface area contributed by atoms with Crippen molar-refractivity contribution < 1.29 is 10.0 Å². The van der Waals surface area contributed by atoms with E-state index in [0.717, 1.165) is 5.56 Å². The first-order valence-electron chi connectivity index (χ1n) is 4.35. The van der Waals surface area contributed by atoms with E-state index in [1.54, 1.807) is 18.4 Å². The van der Waals surface area contributed by atoms with Gasteiger partial charge in [0.25, 0.3) is 0 Å². The van der Waals surface area contributed by atoms with E-state index in [2.05, 4.69) is 5.16 Å². The van der Waals surface area contributed by atoms with Crippen LogP contribution in [0.4, 0.5) is 0 Å². The summed E-state index contributed by atoms with van der Waals surface area (Å²) in [7, 11) is 1.62. The molecule has 1 rings (SSSR count). The van der Waals surface area contributed by atoms with Crippen molar-refractivity contribution >= 4 is 23.1 Å². The van der Waals surface area contributed by atoms with Crippen molar-refractivity contribution in [2.75, 3.05) is 13.6 Å². The van der Waals surface area contributed by atoms with Crippen LogP contribution in [0.15, 0.2) is 22.0 Å². The fraction of sp³-hybridized carbons (Fsp3) is 0.333. The normalized spacial score (nSPS) is 11.4. The van der Waals surface area contributed by atoms with Gasteiger partial charge in [-0.05, 0) is 22.4 Å². The quantitative estimate of drug-likeness (QED) is 0.340. The molecule has 0 atom stereocenters. The highest BCUT2D eigenvalue weighted by Gasteiger charge is 2.11. The van der Waals surface area contributed by atoms with E-state index in [4.69, 9.17) is 10.9 Å². The molecule has 5 nitrogen and oxygen atoms in total. The lowest BCUT2D eigenvalue weighted by molar-refractivity contribution is -0.128. The van der Waals surface area contributed by atoms with Crippen LogP contribution in [-0.4, -0.2) is 35.4 Å². The maximum absolute atomic E-state index is 11.6. The molecule has 1 aromatic rings. The Bertz CT molecular complexity index is 348. The number of thiophene rings is 1. The summed E-state index contributed by atoms with van der Waals surface area (Å²) in [6.45, 7) is 0.138. The minimum atomic E-state index is -0.0556. The van der Waals surface area contributed by atoms with Crippen LogP contribution in [0, 0.1) is 0 Å². The van der Waals surface area contributed by atoms with Gasteiger partial charge >= 0.3 is 0 Å². The third kappa shape index (κ3) is 3.59. The second-order valence-electron chi connectivity index (χ2n) is 3.15. The monoisotopic (exact) mass is 227 g/mol. The molecule has 0 aliphatic carbocycles. The lowest BCUT2D eigenvalue weighted by atomic mass is 10.2. The zero-order chi connectivity index (χ0) is 11.3. The number of carbonyl (C=O) groups excluding carboxylic acids is 1. The number of carbonyl (C=O) groups is 1. The second kappa shape index (κ2) is 5.35. The minimum absolute atomic E-state index is 0.0242. The summed E-state index contributed by atoms with van der Waals surface area (Å²) < 4.78 is 0. The average Bonchev–Trinajstić information content (AvgIpc) is 2.70. The molecule has 15 heavy (non-hydrogen) atoms. The number of nitrogens with two attached hydrogens (primary N) is 1. The molecule has 0 saturated heterocycles. The zero-order valence-corrected chi connectivity index (χ0v) is 9.20. The fourth-order valence-electron chi connectivity index (χ4n) is 1.07. The van der Waals surface area contributed by atoms with Gasteiger partial charge in [-0.1, -0.05) is 5.16 Å². The van der Waals surface area contributed by atoms with Crippen molar-refractivity contribution in [2.24, 2.45) is 10.9 Å². The Hall–Kier alpha value is -1.56. The van der Waals surface area contributed by atoms with E-state index in [0.29, 0.717) is 6.42 Å². The number of nitrogens with zero attached hydrogens (tertiary/aromatic N) is 2. The van der Waals surface area contributed by atoms with E-state index in [9.17, 15) is 4.79 Å². The number of rotatable bonds is 4. The summed E-state index contributed by atoms with van der Waals surface area (Å²) in [6, 6.07) is 1.90. The third-order valence-corrected chi connectivity index (χ3v) is 2.62. The van der Waals surface area contributed by atoms with Gasteiger partial charge in [-0.25, -0.2) is 0 Å². The van der Waals surface area contributed by atoms with Gasteiger partial charge in [0.05, 0.1) is 13.0 Å². The highest BCUT2D eigenvalue weighted by Crippen LogP contribution is 2.07. The number of hydrogen-bond acceptors (Lipinski definition) is 4. The molecule has 82 valence electrons. The third-order valence-electron chi connectivity index (χ3n) is 1.89. The molecular weight excluding hydrogens is 214 g/mol. The molecule has 1 aromatic heterocycles. The Morgan fingerprint density at radius 1 is 1.73 bits per heavy atom. The molecule has 0 aliphatic heterocycles. The number of oxime groups is 1. The van der Waals surface area contributed by atoms with Gasteiger partial charge < -0.3 is 15.8 Å². The Morgan fingerprint density at radius 2 is 2.47 bits per heavy atom. The molecule has 0 unspecified atom stereocenters. The average molecular weight is 227 g/mol. The predicted octanol–water partition coefficient (Wildman–Crippen LogP) is 0.495. The summed E-state index contributed by atoms with van der Waals surface area (Å²) in [5.74, 6) is -0.0313. The number of amides is 1. The molecular formula is C9H13N3O2S. The van der Waals surface area contributed by atoms with E-state index < -0.39 is 0 Å². The Kier molecular flexibility index (Phi) is 4.11. The SMILES string of the molecule is CN(CC(N)=NO)C(=O)Cc1ccsc1. The van der Waals surface area contributed by atoms with Crippen molar-refractivity contribution in [3.8, 4) is 0 Å². The molecule has 1 heterocycles. The highest BCUT2D eigenvalue weighted by atomic mass is 32.1. The smallest absolute Gasteiger partial charge is 0.227 e. The molecule has 1 amide bonds. The molecule has 0 aromatic carbocycles. The molecule has 0 spiro atoms. The van der Waals surface area contributed by atoms with Crippen LogP contribution in [0.3, 0.4) is 0 Å². The molecule has 0 fully saturated rings. The number of hydrogen-bond donors (Lipinski definition) is 2. The van der Waals surface area contributed by atoms with E-state index in [1.807, 2.05) is 16.8 Å². The van der Waals surface area contributed by atoms with Crippen LogP contribution in [0.25, 0.3) is 0 Å². The highest BCUT2D eigenvalue weighted by molar-refractivity contribution is 7.07. The van der Waals surface area contributed by atoms with Crippen LogP contribution in [0.5, 0.6) is 0 Å². The van der Waals surface area contributed by atoms with E-state index in [1.165, 1.54) is 4.90 Å². The molecule has 0 aliphatic rings. The second-order valence-corrected chi connectivity index (χ2v) is 3.93. The summed E-state index contributed by atoms with van der Waals surface area (Å²) in [6.07, 6.45) is 0.346. The van der Waals surface area contributed by atoms with Crippen LogP contribution in [0.1, 0.15) is 5.56 Å². The molecule has 0 saturated carbocycles. The van der Waals surface area contributed by atoms with Gasteiger partial charge in [-0.3, -0.25) is 4.79 Å². The Morgan fingerprint density at radius 3 is 3.00 bits per heavy atom. The van der Waals surface area contributed by atoms with Gasteiger partial charge in [0.15, 0.2) is 5.84 Å². The van der Waals surface area contributed by atoms with Gasteiger partial charge in [-0.2, -0.15) is 11.3 Å². The minimum Gasteiger partial charge on any atom is -0.409 e. The summed E-state index contributed by atoms with van der Waals surface area (Å²) in [4.78, 5) is 13.0. The van der Waals surface area contributed by atoms with Gasteiger partial charge in [0, 0.05) is 7.05 Å².